The highest BCUT2D eigenvalue weighted by molar-refractivity contribution is 6.31. The van der Waals surface area contributed by atoms with E-state index in [4.69, 9.17) is 75.8 Å². The van der Waals surface area contributed by atoms with E-state index in [2.05, 4.69) is 36.8 Å². The smallest absolute Gasteiger partial charge is 0.253 e. The minimum atomic E-state index is -2.42. The first kappa shape index (κ1) is 79.8. The Hall–Kier alpha value is -7.80. The van der Waals surface area contributed by atoms with Crippen LogP contribution in [0.3, 0.4) is 0 Å². The Balaban J connectivity index is 0.552. The lowest BCUT2D eigenvalue weighted by Gasteiger charge is -2.43. The summed E-state index contributed by atoms with van der Waals surface area (Å²) < 4.78 is 91.7. The van der Waals surface area contributed by atoms with Gasteiger partial charge in [0.15, 0.2) is 24.6 Å². The molecule has 2 aromatic rings. The van der Waals surface area contributed by atoms with E-state index >= 15 is 0 Å². The van der Waals surface area contributed by atoms with E-state index < -0.39 is 175 Å². The topological polar surface area (TPSA) is 458 Å². The zero-order valence-corrected chi connectivity index (χ0v) is 58.6. The number of ketones is 2. The minimum Gasteiger partial charge on any atom is -0.507 e. The minimum absolute atomic E-state index is 0.0165. The Morgan fingerprint density at radius 1 is 0.610 bits per heavy atom. The summed E-state index contributed by atoms with van der Waals surface area (Å²) >= 11 is 0. The maximum Gasteiger partial charge on any atom is 0.253 e. The van der Waals surface area contributed by atoms with Crippen LogP contribution in [0.4, 0.5) is 0 Å². The summed E-state index contributed by atoms with van der Waals surface area (Å²) in [4.78, 5) is 132. The van der Waals surface area contributed by atoms with Crippen molar-refractivity contribution < 1.29 is 139 Å². The summed E-state index contributed by atoms with van der Waals surface area (Å²) in [6.45, 7) is 5.73. The Kier molecular flexibility index (Phi) is 29.4. The summed E-state index contributed by atoms with van der Waals surface area (Å²) in [5.41, 5.74) is -4.02. The summed E-state index contributed by atoms with van der Waals surface area (Å²) in [5.74, 6) is -7.71. The van der Waals surface area contributed by atoms with Gasteiger partial charge < -0.3 is 123 Å². The van der Waals surface area contributed by atoms with E-state index in [1.54, 1.807) is 6.92 Å². The number of fused-ring (bicyclic) bond motifs is 7. The van der Waals surface area contributed by atoms with Crippen LogP contribution >= 0.6 is 0 Å². The first-order valence-electron chi connectivity index (χ1n) is 34.8. The number of aromatic hydroxyl groups is 2. The van der Waals surface area contributed by atoms with Crippen molar-refractivity contribution in [2.45, 2.75) is 106 Å². The number of hydrogen-bond acceptors (Lipinski definition) is 30. The van der Waals surface area contributed by atoms with E-state index in [0.29, 0.717) is 85.8 Å². The van der Waals surface area contributed by atoms with Crippen molar-refractivity contribution in [3.63, 3.8) is 0 Å². The van der Waals surface area contributed by atoms with Crippen LogP contribution in [-0.2, 0) is 116 Å². The lowest BCUT2D eigenvalue weighted by atomic mass is 9.72. The maximum absolute atomic E-state index is 14.7. The molecule has 10 rings (SSSR count). The number of phenolic OH excluding ortho intramolecular Hbond substituents is 2. The standard InChI is InChI=1S/C68H92N8O29/c1-38-62-43(75-12-14-100-66(91-3)65(75)105-62)29-53(103-38)104-45-31-68(89,30-40-55(45)61(87)57-56(59(40)85)58(84)39-5-4-6-44(90-2)54(39)60(57)86)67(88)74-42-36-102-63-41(35-101-64(42)63)73-49(80)34-71-47(78)32-70-48(79)33-72-50(81)37-99-28-27-98-26-25-97-24-23-96-22-21-95-20-19-94-18-17-93-16-15-92-13-10-69-46(77)9-11-76-51(82)7-8-52(76)83/h4-8,38,41-43,45,53,62-66,85,87,89H,9-37H2,1-3H3,(H,69,77)(H,70,79)(H,71,78)(H,72,81)(H,73,80)(H,74,88)/t38-,41-,42-,43-,45-,53-,62+,63+,64+,65+,66-,68-/m0/s1. The van der Waals surface area contributed by atoms with Crippen LogP contribution in [-0.4, -0.2) is 330 Å². The predicted octanol–water partition coefficient (Wildman–Crippen LogP) is -4.17. The second-order valence-electron chi connectivity index (χ2n) is 25.5. The van der Waals surface area contributed by atoms with Crippen molar-refractivity contribution >= 4 is 58.8 Å². The molecule has 0 spiro atoms. The van der Waals surface area contributed by atoms with Gasteiger partial charge in [0.25, 0.3) is 17.7 Å². The number of rotatable bonds is 42. The third-order valence-electron chi connectivity index (χ3n) is 18.5. The summed E-state index contributed by atoms with van der Waals surface area (Å²) in [6.07, 6.45) is -5.00. The van der Waals surface area contributed by atoms with Gasteiger partial charge in [-0.2, -0.15) is 0 Å². The van der Waals surface area contributed by atoms with Gasteiger partial charge in [0, 0.05) is 87.3 Å². The summed E-state index contributed by atoms with van der Waals surface area (Å²) in [6, 6.07) is 2.44. The predicted molar refractivity (Wildman–Crippen MR) is 354 cm³/mol. The zero-order valence-electron chi connectivity index (χ0n) is 58.6. The monoisotopic (exact) mass is 1480 g/mol. The molecule has 37 nitrogen and oxygen atoms in total. The number of carbonyl (C=O) groups excluding carboxylic acids is 10. The molecule has 5 saturated heterocycles. The third kappa shape index (κ3) is 20.5. The fourth-order valence-corrected chi connectivity index (χ4v) is 13.4. The number of amides is 8. The van der Waals surface area contributed by atoms with Crippen molar-refractivity contribution in [3.8, 4) is 17.2 Å². The third-order valence-corrected chi connectivity index (χ3v) is 18.5. The lowest BCUT2D eigenvalue weighted by molar-refractivity contribution is -0.256. The van der Waals surface area contributed by atoms with Crippen LogP contribution in [0.1, 0.15) is 75.3 Å². The van der Waals surface area contributed by atoms with Crippen molar-refractivity contribution in [1.29, 1.82) is 0 Å². The zero-order chi connectivity index (χ0) is 74.6. The Morgan fingerprint density at radius 3 is 1.75 bits per heavy atom. The van der Waals surface area contributed by atoms with Crippen LogP contribution in [0.5, 0.6) is 17.2 Å². The van der Waals surface area contributed by atoms with Crippen molar-refractivity contribution in [1.82, 2.24) is 41.7 Å². The number of imide groups is 1. The van der Waals surface area contributed by atoms with Crippen LogP contribution in [0.2, 0.25) is 0 Å². The van der Waals surface area contributed by atoms with Crippen LogP contribution in [0.15, 0.2) is 30.4 Å². The molecule has 578 valence electrons. The van der Waals surface area contributed by atoms with Crippen molar-refractivity contribution in [2.24, 2.45) is 0 Å². The van der Waals surface area contributed by atoms with Gasteiger partial charge in [0.2, 0.25) is 35.3 Å². The molecule has 12 atom stereocenters. The molecule has 2 aliphatic carbocycles. The maximum atomic E-state index is 14.7. The van der Waals surface area contributed by atoms with E-state index in [1.165, 1.54) is 44.6 Å². The lowest BCUT2D eigenvalue weighted by Crippen LogP contribution is -2.57. The number of hydrogen-bond donors (Lipinski definition) is 9. The molecular weight excluding hydrogens is 1390 g/mol. The van der Waals surface area contributed by atoms with E-state index in [0.717, 1.165) is 4.90 Å². The molecule has 105 heavy (non-hydrogen) atoms. The fourth-order valence-electron chi connectivity index (χ4n) is 13.4. The molecule has 6 heterocycles. The van der Waals surface area contributed by atoms with Crippen molar-refractivity contribution in [2.75, 3.05) is 179 Å². The number of phenols is 2. The summed E-state index contributed by atoms with van der Waals surface area (Å²) in [5, 5.41) is 52.4. The molecule has 0 unspecified atom stereocenters. The first-order valence-corrected chi connectivity index (χ1v) is 34.8. The highest BCUT2D eigenvalue weighted by Gasteiger charge is 2.57. The molecule has 6 aliphatic heterocycles. The van der Waals surface area contributed by atoms with Gasteiger partial charge in [0.1, 0.15) is 47.8 Å². The quantitative estimate of drug-likeness (QED) is 0.0148. The van der Waals surface area contributed by atoms with Crippen LogP contribution in [0.25, 0.3) is 0 Å². The van der Waals surface area contributed by atoms with Gasteiger partial charge in [-0.3, -0.25) is 57.7 Å². The number of benzene rings is 2. The van der Waals surface area contributed by atoms with Gasteiger partial charge in [-0.15, -0.1) is 0 Å². The molecule has 0 aromatic heterocycles. The largest absolute Gasteiger partial charge is 0.507 e. The van der Waals surface area contributed by atoms with E-state index in [9.17, 15) is 63.3 Å². The van der Waals surface area contributed by atoms with E-state index in [-0.39, 0.29) is 112 Å². The number of methoxy groups -OCH3 is 2. The number of nitrogens with zero attached hydrogens (tertiary/aromatic N) is 2. The van der Waals surface area contributed by atoms with Crippen LogP contribution in [0, 0.1) is 0 Å². The van der Waals surface area contributed by atoms with Crippen molar-refractivity contribution in [3.05, 3.63) is 63.7 Å². The second kappa shape index (κ2) is 38.6. The molecule has 9 N–H and O–H groups in total. The molecule has 5 fully saturated rings. The molecule has 8 amide bonds. The van der Waals surface area contributed by atoms with Crippen LogP contribution < -0.4 is 36.6 Å². The van der Waals surface area contributed by atoms with Gasteiger partial charge >= 0.3 is 0 Å². The highest BCUT2D eigenvalue weighted by atomic mass is 16.7. The van der Waals surface area contributed by atoms with E-state index in [1.807, 2.05) is 0 Å². The van der Waals surface area contributed by atoms with Gasteiger partial charge in [-0.05, 0) is 13.0 Å². The molecule has 37 heteroatoms. The molecule has 0 radical (unpaired) electrons. The SMILES string of the molecule is COc1cccc2c1C(=O)c1c(O)c3c(c(O)c1C2=O)C[C@@](O)(C(=O)N[C@H]1CO[C@H]2[C@@H]1OC[C@@H]2NC(=O)CNC(=O)CNC(=O)CNC(=O)COCCOCCOCCOCCOCCOCCOCCOCCNC(=O)CCN1C(=O)C=CC1=O)C[C@@H]3O[C@H]1C[C@H]2[C@H](O[C@@H]3[C@@H](OC)OCCN32)[C@H](C)O1. The van der Waals surface area contributed by atoms with Gasteiger partial charge in [-0.25, -0.2) is 0 Å². The highest BCUT2D eigenvalue weighted by Crippen LogP contribution is 2.53. The number of carbonyl (C=O) groups is 10. The number of aliphatic hydroxyl groups is 1. The number of nitrogens with one attached hydrogen (secondary N) is 6. The number of ether oxygens (including phenoxy) is 16. The molecule has 8 aliphatic rings. The Labute approximate surface area is 603 Å². The average molecular weight is 1490 g/mol. The fraction of sp³-hybridized carbons (Fsp3) is 0.647. The Morgan fingerprint density at radius 2 is 1.16 bits per heavy atom. The second-order valence-corrected chi connectivity index (χ2v) is 25.5. The average Bonchev–Trinajstić information content (AvgIpc) is 1.40. The molecular formula is C68H92N8O29. The Bertz CT molecular complexity index is 3440. The number of morpholine rings is 1. The van der Waals surface area contributed by atoms with Gasteiger partial charge in [0.05, 0.1) is 187 Å². The first-order chi connectivity index (χ1) is 50.8. The van der Waals surface area contributed by atoms with Gasteiger partial charge in [-0.1, -0.05) is 12.1 Å². The molecule has 0 saturated carbocycles. The molecule has 2 aromatic carbocycles. The summed E-state index contributed by atoms with van der Waals surface area (Å²) in [7, 11) is 2.83. The molecule has 0 bridgehead atoms. The normalized spacial score (nSPS) is 25.8.